The van der Waals surface area contributed by atoms with E-state index >= 15 is 0 Å². The van der Waals surface area contributed by atoms with Gasteiger partial charge in [0, 0.05) is 12.8 Å². The zero-order valence-corrected chi connectivity index (χ0v) is 15.9. The van der Waals surface area contributed by atoms with Gasteiger partial charge in [0.25, 0.3) is 0 Å². The van der Waals surface area contributed by atoms with Gasteiger partial charge in [-0.05, 0) is 55.3 Å². The first-order chi connectivity index (χ1) is 11.6. The Hall–Kier alpha value is -1.90. The van der Waals surface area contributed by atoms with Crippen LogP contribution in [0.5, 0.6) is 5.75 Å². The fourth-order valence-electron chi connectivity index (χ4n) is 2.17. The molecule has 25 heavy (non-hydrogen) atoms. The smallest absolute Gasteiger partial charge is 0.240 e. The number of rotatable bonds is 7. The second-order valence-electron chi connectivity index (χ2n) is 5.69. The average molecular weight is 383 g/mol. The van der Waals surface area contributed by atoms with E-state index in [0.29, 0.717) is 0 Å². The molecule has 0 spiro atoms. The summed E-state index contributed by atoms with van der Waals surface area (Å²) in [6, 6.07) is 10.8. The number of aryl methyl sites for hydroxylation is 1. The molecule has 8 heteroatoms. The van der Waals surface area contributed by atoms with Crippen LogP contribution >= 0.6 is 0 Å². The molecule has 0 saturated carbocycles. The lowest BCUT2D eigenvalue weighted by molar-refractivity contribution is 0.320. The molecule has 0 aliphatic heterocycles. The summed E-state index contributed by atoms with van der Waals surface area (Å²) in [5.74, 6) is 0.719. The zero-order chi connectivity index (χ0) is 18.7. The maximum Gasteiger partial charge on any atom is 0.240 e. The molecule has 0 unspecified atom stereocenters. The second kappa shape index (κ2) is 7.55. The Morgan fingerprint density at radius 1 is 0.920 bits per heavy atom. The van der Waals surface area contributed by atoms with Crippen LogP contribution in [0.3, 0.4) is 0 Å². The van der Waals surface area contributed by atoms with Crippen molar-refractivity contribution in [2.45, 2.75) is 23.6 Å². The molecule has 0 atom stereocenters. The standard InChI is InChI=1S/C17H21NO5S2/c1-13-5-4-6-17(14(13)2)23-12-11-18-25(21,22)16-9-7-15(8-10-16)24(3,19)20/h4-10,18H,11-12H2,1-3H3. The molecule has 136 valence electrons. The third kappa shape index (κ3) is 5.04. The van der Waals surface area contributed by atoms with Crippen molar-refractivity contribution in [1.29, 1.82) is 0 Å². The van der Waals surface area contributed by atoms with Crippen molar-refractivity contribution >= 4 is 19.9 Å². The van der Waals surface area contributed by atoms with Crippen molar-refractivity contribution in [2.24, 2.45) is 0 Å². The van der Waals surface area contributed by atoms with Crippen molar-refractivity contribution in [3.63, 3.8) is 0 Å². The summed E-state index contributed by atoms with van der Waals surface area (Å²) < 4.78 is 55.3. The highest BCUT2D eigenvalue weighted by Crippen LogP contribution is 2.20. The second-order valence-corrected chi connectivity index (χ2v) is 9.47. The number of benzene rings is 2. The Labute approximate surface area is 148 Å². The topological polar surface area (TPSA) is 89.5 Å². The van der Waals surface area contributed by atoms with Gasteiger partial charge in [0.1, 0.15) is 12.4 Å². The lowest BCUT2D eigenvalue weighted by Gasteiger charge is -2.12. The highest BCUT2D eigenvalue weighted by Gasteiger charge is 2.15. The van der Waals surface area contributed by atoms with Gasteiger partial charge in [-0.1, -0.05) is 12.1 Å². The minimum Gasteiger partial charge on any atom is -0.492 e. The molecule has 0 fully saturated rings. The van der Waals surface area contributed by atoms with Crippen LogP contribution in [-0.2, 0) is 19.9 Å². The predicted molar refractivity (Wildman–Crippen MR) is 96.2 cm³/mol. The lowest BCUT2D eigenvalue weighted by atomic mass is 10.1. The molecule has 6 nitrogen and oxygen atoms in total. The van der Waals surface area contributed by atoms with Crippen molar-refractivity contribution in [2.75, 3.05) is 19.4 Å². The first kappa shape index (κ1) is 19.4. The van der Waals surface area contributed by atoms with Crippen molar-refractivity contribution in [1.82, 2.24) is 4.72 Å². The van der Waals surface area contributed by atoms with Gasteiger partial charge < -0.3 is 4.74 Å². The largest absolute Gasteiger partial charge is 0.492 e. The lowest BCUT2D eigenvalue weighted by Crippen LogP contribution is -2.28. The quantitative estimate of drug-likeness (QED) is 0.739. The summed E-state index contributed by atoms with van der Waals surface area (Å²) in [6.45, 7) is 4.21. The Bertz CT molecular complexity index is 949. The van der Waals surface area contributed by atoms with E-state index in [9.17, 15) is 16.8 Å². The fourth-order valence-corrected chi connectivity index (χ4v) is 3.81. The van der Waals surface area contributed by atoms with Gasteiger partial charge in [-0.25, -0.2) is 21.6 Å². The third-order valence-corrected chi connectivity index (χ3v) is 6.37. The number of hydrogen-bond donors (Lipinski definition) is 1. The molecule has 0 aromatic heterocycles. The summed E-state index contributed by atoms with van der Waals surface area (Å²) in [7, 11) is -7.08. The minimum atomic E-state index is -3.72. The van der Waals surface area contributed by atoms with Gasteiger partial charge in [0.15, 0.2) is 9.84 Å². The first-order valence-corrected chi connectivity index (χ1v) is 11.0. The molecule has 1 N–H and O–H groups in total. The number of sulfonamides is 1. The van der Waals surface area contributed by atoms with Gasteiger partial charge in [-0.15, -0.1) is 0 Å². The molecular weight excluding hydrogens is 362 g/mol. The molecule has 0 bridgehead atoms. The average Bonchev–Trinajstić information content (AvgIpc) is 2.54. The maximum absolute atomic E-state index is 12.2. The summed E-state index contributed by atoms with van der Waals surface area (Å²) in [6.07, 6.45) is 1.07. The van der Waals surface area contributed by atoms with E-state index in [4.69, 9.17) is 4.74 Å². The molecule has 2 aromatic carbocycles. The summed E-state index contributed by atoms with van der Waals surface area (Å²) in [5.41, 5.74) is 2.12. The zero-order valence-electron chi connectivity index (χ0n) is 14.3. The highest BCUT2D eigenvalue weighted by atomic mass is 32.2. The molecule has 0 amide bonds. The molecule has 0 saturated heterocycles. The van der Waals surface area contributed by atoms with E-state index in [-0.39, 0.29) is 22.9 Å². The van der Waals surface area contributed by atoms with E-state index in [1.807, 2.05) is 32.0 Å². The van der Waals surface area contributed by atoms with Crippen molar-refractivity contribution in [3.8, 4) is 5.75 Å². The Morgan fingerprint density at radius 2 is 1.52 bits per heavy atom. The molecule has 0 aliphatic rings. The Kier molecular flexibility index (Phi) is 5.87. The fraction of sp³-hybridized carbons (Fsp3) is 0.294. The van der Waals surface area contributed by atoms with Crippen LogP contribution in [-0.4, -0.2) is 36.2 Å². The third-order valence-electron chi connectivity index (χ3n) is 3.77. The number of ether oxygens (including phenoxy) is 1. The molecular formula is C17H21NO5S2. The number of hydrogen-bond acceptors (Lipinski definition) is 5. The van der Waals surface area contributed by atoms with Gasteiger partial charge in [-0.3, -0.25) is 0 Å². The van der Waals surface area contributed by atoms with Crippen LogP contribution in [0.2, 0.25) is 0 Å². The van der Waals surface area contributed by atoms with E-state index in [0.717, 1.165) is 23.1 Å². The first-order valence-electron chi connectivity index (χ1n) is 7.60. The van der Waals surface area contributed by atoms with E-state index in [2.05, 4.69) is 4.72 Å². The molecule has 0 heterocycles. The van der Waals surface area contributed by atoms with Crippen molar-refractivity contribution in [3.05, 3.63) is 53.6 Å². The van der Waals surface area contributed by atoms with Gasteiger partial charge in [0.2, 0.25) is 10.0 Å². The molecule has 0 radical (unpaired) electrons. The van der Waals surface area contributed by atoms with Crippen LogP contribution in [0.1, 0.15) is 11.1 Å². The van der Waals surface area contributed by atoms with Crippen molar-refractivity contribution < 1.29 is 21.6 Å². The summed E-state index contributed by atoms with van der Waals surface area (Å²) >= 11 is 0. The van der Waals surface area contributed by atoms with E-state index in [1.165, 1.54) is 24.3 Å². The van der Waals surface area contributed by atoms with Crippen LogP contribution in [0, 0.1) is 13.8 Å². The highest BCUT2D eigenvalue weighted by molar-refractivity contribution is 7.90. The number of nitrogens with one attached hydrogen (secondary N) is 1. The van der Waals surface area contributed by atoms with E-state index < -0.39 is 19.9 Å². The van der Waals surface area contributed by atoms with Crippen LogP contribution in [0.15, 0.2) is 52.3 Å². The van der Waals surface area contributed by atoms with E-state index in [1.54, 1.807) is 0 Å². The predicted octanol–water partition coefficient (Wildman–Crippen LogP) is 2.06. The van der Waals surface area contributed by atoms with Crippen LogP contribution < -0.4 is 9.46 Å². The van der Waals surface area contributed by atoms with Gasteiger partial charge in [-0.2, -0.15) is 0 Å². The normalized spacial score (nSPS) is 12.1. The van der Waals surface area contributed by atoms with Gasteiger partial charge in [0.05, 0.1) is 9.79 Å². The minimum absolute atomic E-state index is 0.00614. The Balaban J connectivity index is 1.96. The summed E-state index contributed by atoms with van der Waals surface area (Å²) in [4.78, 5) is 0.0799. The van der Waals surface area contributed by atoms with Crippen LogP contribution in [0.25, 0.3) is 0 Å². The SMILES string of the molecule is Cc1cccc(OCCNS(=O)(=O)c2ccc(S(C)(=O)=O)cc2)c1C. The molecule has 0 aliphatic carbocycles. The molecule has 2 aromatic rings. The summed E-state index contributed by atoms with van der Waals surface area (Å²) in [5, 5.41) is 0. The monoisotopic (exact) mass is 383 g/mol. The number of sulfone groups is 1. The van der Waals surface area contributed by atoms with Gasteiger partial charge >= 0.3 is 0 Å². The Morgan fingerprint density at radius 3 is 2.12 bits per heavy atom. The maximum atomic E-state index is 12.2. The molecule has 2 rings (SSSR count). The van der Waals surface area contributed by atoms with Crippen LogP contribution in [0.4, 0.5) is 0 Å².